The van der Waals surface area contributed by atoms with Crippen molar-refractivity contribution in [2.45, 2.75) is 6.54 Å². The maximum atomic E-state index is 12.0. The quantitative estimate of drug-likeness (QED) is 0.838. The van der Waals surface area contributed by atoms with Crippen LogP contribution in [0.3, 0.4) is 0 Å². The summed E-state index contributed by atoms with van der Waals surface area (Å²) in [6.07, 6.45) is 0. The van der Waals surface area contributed by atoms with Crippen LogP contribution in [0.25, 0.3) is 0 Å². The Balaban J connectivity index is 2.06. The van der Waals surface area contributed by atoms with Gasteiger partial charge in [0.15, 0.2) is 0 Å². The SMILES string of the molecule is NCC#Cc1ccccc1CNC(=O)c1csc(Br)c1. The first kappa shape index (κ1) is 14.8. The molecule has 0 aliphatic rings. The standard InChI is InChI=1S/C15H13BrN2OS/c16-14-8-13(10-20-14)15(19)18-9-12-5-2-1-4-11(12)6-3-7-17/h1-2,4-5,8,10H,7,9,17H2,(H,18,19). The van der Waals surface area contributed by atoms with E-state index in [1.165, 1.54) is 11.3 Å². The minimum Gasteiger partial charge on any atom is -0.348 e. The highest BCUT2D eigenvalue weighted by atomic mass is 79.9. The predicted octanol–water partition coefficient (Wildman–Crippen LogP) is 2.75. The molecule has 102 valence electrons. The average molecular weight is 349 g/mol. The lowest BCUT2D eigenvalue weighted by Gasteiger charge is -2.06. The van der Waals surface area contributed by atoms with Crippen molar-refractivity contribution < 1.29 is 4.79 Å². The highest BCUT2D eigenvalue weighted by molar-refractivity contribution is 9.11. The van der Waals surface area contributed by atoms with Crippen molar-refractivity contribution in [3.63, 3.8) is 0 Å². The Morgan fingerprint density at radius 1 is 1.40 bits per heavy atom. The molecule has 1 heterocycles. The minimum atomic E-state index is -0.0893. The molecule has 0 bridgehead atoms. The van der Waals surface area contributed by atoms with Crippen molar-refractivity contribution in [1.82, 2.24) is 5.32 Å². The van der Waals surface area contributed by atoms with E-state index in [2.05, 4.69) is 33.1 Å². The van der Waals surface area contributed by atoms with E-state index in [-0.39, 0.29) is 5.91 Å². The lowest BCUT2D eigenvalue weighted by molar-refractivity contribution is 0.0951. The van der Waals surface area contributed by atoms with Crippen LogP contribution >= 0.6 is 27.3 Å². The normalized spacial score (nSPS) is 9.70. The number of benzene rings is 1. The van der Waals surface area contributed by atoms with Crippen LogP contribution in [0.2, 0.25) is 0 Å². The molecule has 5 heteroatoms. The van der Waals surface area contributed by atoms with Crippen molar-refractivity contribution in [3.8, 4) is 11.8 Å². The first-order chi connectivity index (χ1) is 9.70. The predicted molar refractivity (Wildman–Crippen MR) is 85.6 cm³/mol. The molecule has 0 spiro atoms. The Bertz CT molecular complexity index is 670. The molecule has 0 aliphatic heterocycles. The molecule has 3 N–H and O–H groups in total. The van der Waals surface area contributed by atoms with E-state index >= 15 is 0 Å². The van der Waals surface area contributed by atoms with Gasteiger partial charge < -0.3 is 11.1 Å². The molecule has 1 amide bonds. The molecule has 1 aromatic heterocycles. The fourth-order valence-corrected chi connectivity index (χ4v) is 2.79. The van der Waals surface area contributed by atoms with Gasteiger partial charge in [-0.3, -0.25) is 4.79 Å². The topological polar surface area (TPSA) is 55.1 Å². The van der Waals surface area contributed by atoms with Gasteiger partial charge in [-0.15, -0.1) is 11.3 Å². The lowest BCUT2D eigenvalue weighted by Crippen LogP contribution is -2.22. The molecule has 0 saturated carbocycles. The number of halogens is 1. The summed E-state index contributed by atoms with van der Waals surface area (Å²) in [5, 5.41) is 4.71. The fraction of sp³-hybridized carbons (Fsp3) is 0.133. The Labute approximate surface area is 130 Å². The maximum Gasteiger partial charge on any atom is 0.252 e. The molecule has 2 aromatic rings. The summed E-state index contributed by atoms with van der Waals surface area (Å²) >= 11 is 4.83. The van der Waals surface area contributed by atoms with Gasteiger partial charge in [0, 0.05) is 17.5 Å². The van der Waals surface area contributed by atoms with Gasteiger partial charge in [0.05, 0.1) is 15.9 Å². The van der Waals surface area contributed by atoms with Crippen LogP contribution in [-0.2, 0) is 6.54 Å². The second-order valence-corrected chi connectivity index (χ2v) is 6.28. The third-order valence-corrected chi connectivity index (χ3v) is 4.12. The van der Waals surface area contributed by atoms with E-state index in [0.717, 1.165) is 14.9 Å². The first-order valence-electron chi connectivity index (χ1n) is 6.00. The Hall–Kier alpha value is -1.61. The zero-order chi connectivity index (χ0) is 14.4. The summed E-state index contributed by atoms with van der Waals surface area (Å²) in [7, 11) is 0. The monoisotopic (exact) mass is 348 g/mol. The molecule has 0 aliphatic carbocycles. The van der Waals surface area contributed by atoms with Gasteiger partial charge in [0.2, 0.25) is 0 Å². The number of carbonyl (C=O) groups is 1. The van der Waals surface area contributed by atoms with Crippen LogP contribution in [0, 0.1) is 11.8 Å². The number of nitrogens with two attached hydrogens (primary N) is 1. The summed E-state index contributed by atoms with van der Waals surface area (Å²) in [5.74, 6) is 5.75. The van der Waals surface area contributed by atoms with E-state index in [0.29, 0.717) is 18.7 Å². The molecular weight excluding hydrogens is 336 g/mol. The highest BCUT2D eigenvalue weighted by Crippen LogP contribution is 2.20. The van der Waals surface area contributed by atoms with Crippen LogP contribution in [0.5, 0.6) is 0 Å². The molecule has 2 rings (SSSR count). The molecular formula is C15H13BrN2OS. The van der Waals surface area contributed by atoms with Crippen molar-refractivity contribution in [2.75, 3.05) is 6.54 Å². The van der Waals surface area contributed by atoms with Crippen LogP contribution in [-0.4, -0.2) is 12.5 Å². The average Bonchev–Trinajstić information content (AvgIpc) is 2.90. The van der Waals surface area contributed by atoms with E-state index in [9.17, 15) is 4.79 Å². The summed E-state index contributed by atoms with van der Waals surface area (Å²) in [5.41, 5.74) is 7.92. The number of carbonyl (C=O) groups excluding carboxylic acids is 1. The number of nitrogens with one attached hydrogen (secondary N) is 1. The fourth-order valence-electron chi connectivity index (χ4n) is 1.65. The molecule has 0 saturated heterocycles. The van der Waals surface area contributed by atoms with Gasteiger partial charge in [0.25, 0.3) is 5.91 Å². The smallest absolute Gasteiger partial charge is 0.252 e. The number of hydrogen-bond acceptors (Lipinski definition) is 3. The summed E-state index contributed by atoms with van der Waals surface area (Å²) in [6.45, 7) is 0.769. The number of hydrogen-bond donors (Lipinski definition) is 2. The van der Waals surface area contributed by atoms with Gasteiger partial charge in [-0.25, -0.2) is 0 Å². The molecule has 0 unspecified atom stereocenters. The molecule has 0 atom stereocenters. The second-order valence-electron chi connectivity index (χ2n) is 3.99. The third kappa shape index (κ3) is 3.94. The summed E-state index contributed by atoms with van der Waals surface area (Å²) in [6, 6.07) is 9.52. The Kier molecular flexibility index (Phi) is 5.36. The van der Waals surface area contributed by atoms with E-state index in [1.54, 1.807) is 6.07 Å². The van der Waals surface area contributed by atoms with Crippen LogP contribution < -0.4 is 11.1 Å². The van der Waals surface area contributed by atoms with E-state index in [1.807, 2.05) is 29.6 Å². The second kappa shape index (κ2) is 7.25. The lowest BCUT2D eigenvalue weighted by atomic mass is 10.1. The van der Waals surface area contributed by atoms with Crippen LogP contribution in [0.15, 0.2) is 39.5 Å². The van der Waals surface area contributed by atoms with Crippen molar-refractivity contribution >= 4 is 33.2 Å². The molecule has 20 heavy (non-hydrogen) atoms. The van der Waals surface area contributed by atoms with E-state index < -0.39 is 0 Å². The Morgan fingerprint density at radius 2 is 2.20 bits per heavy atom. The molecule has 0 fully saturated rings. The first-order valence-corrected chi connectivity index (χ1v) is 7.67. The van der Waals surface area contributed by atoms with Gasteiger partial charge in [0.1, 0.15) is 0 Å². The summed E-state index contributed by atoms with van der Waals surface area (Å²) < 4.78 is 0.942. The van der Waals surface area contributed by atoms with Crippen LogP contribution in [0.4, 0.5) is 0 Å². The van der Waals surface area contributed by atoms with Gasteiger partial charge in [-0.2, -0.15) is 0 Å². The van der Waals surface area contributed by atoms with E-state index in [4.69, 9.17) is 5.73 Å². The molecule has 0 radical (unpaired) electrons. The number of amides is 1. The third-order valence-electron chi connectivity index (χ3n) is 2.61. The largest absolute Gasteiger partial charge is 0.348 e. The minimum absolute atomic E-state index is 0.0893. The molecule has 1 aromatic carbocycles. The zero-order valence-corrected chi connectivity index (χ0v) is 13.1. The Morgan fingerprint density at radius 3 is 2.90 bits per heavy atom. The zero-order valence-electron chi connectivity index (χ0n) is 10.7. The van der Waals surface area contributed by atoms with Crippen molar-refractivity contribution in [2.24, 2.45) is 5.73 Å². The van der Waals surface area contributed by atoms with Gasteiger partial charge in [-0.1, -0.05) is 30.0 Å². The summed E-state index contributed by atoms with van der Waals surface area (Å²) in [4.78, 5) is 12.0. The molecule has 3 nitrogen and oxygen atoms in total. The van der Waals surface area contributed by atoms with Crippen LogP contribution in [0.1, 0.15) is 21.5 Å². The van der Waals surface area contributed by atoms with Gasteiger partial charge >= 0.3 is 0 Å². The van der Waals surface area contributed by atoms with Crippen molar-refractivity contribution in [3.05, 3.63) is 56.2 Å². The number of thiophene rings is 1. The van der Waals surface area contributed by atoms with Gasteiger partial charge in [-0.05, 0) is 33.6 Å². The number of rotatable bonds is 3. The maximum absolute atomic E-state index is 12.0. The van der Waals surface area contributed by atoms with Crippen molar-refractivity contribution in [1.29, 1.82) is 0 Å². The highest BCUT2D eigenvalue weighted by Gasteiger charge is 2.08.